The SMILES string of the molecule is CC(N)(c1ccccc1)c1nc(-c2ncccc2Br)no1. The molecular formula is C15H13BrN4O. The molecule has 0 saturated heterocycles. The third-order valence-corrected chi connectivity index (χ3v) is 3.85. The first-order valence-electron chi connectivity index (χ1n) is 6.38. The van der Waals surface area contributed by atoms with Crippen LogP contribution in [0.5, 0.6) is 0 Å². The minimum Gasteiger partial charge on any atom is -0.336 e. The zero-order valence-corrected chi connectivity index (χ0v) is 12.9. The summed E-state index contributed by atoms with van der Waals surface area (Å²) in [6.07, 6.45) is 1.68. The topological polar surface area (TPSA) is 77.8 Å². The summed E-state index contributed by atoms with van der Waals surface area (Å²) in [6, 6.07) is 13.3. The van der Waals surface area contributed by atoms with Gasteiger partial charge in [0.05, 0.1) is 0 Å². The smallest absolute Gasteiger partial charge is 0.251 e. The molecule has 0 amide bonds. The average molecular weight is 345 g/mol. The number of benzene rings is 1. The number of nitrogens with two attached hydrogens (primary N) is 1. The summed E-state index contributed by atoms with van der Waals surface area (Å²) in [6.45, 7) is 1.84. The Morgan fingerprint density at radius 1 is 1.14 bits per heavy atom. The molecule has 0 spiro atoms. The molecule has 6 heteroatoms. The largest absolute Gasteiger partial charge is 0.336 e. The molecule has 0 aliphatic rings. The number of hydrogen-bond donors (Lipinski definition) is 1. The van der Waals surface area contributed by atoms with Gasteiger partial charge in [0.15, 0.2) is 0 Å². The van der Waals surface area contributed by atoms with Crippen molar-refractivity contribution in [3.63, 3.8) is 0 Å². The van der Waals surface area contributed by atoms with Crippen LogP contribution < -0.4 is 5.73 Å². The maximum atomic E-state index is 6.36. The second kappa shape index (κ2) is 5.38. The van der Waals surface area contributed by atoms with E-state index in [0.717, 1.165) is 10.0 Å². The highest BCUT2D eigenvalue weighted by Crippen LogP contribution is 2.28. The van der Waals surface area contributed by atoms with E-state index < -0.39 is 5.54 Å². The van der Waals surface area contributed by atoms with Crippen molar-refractivity contribution in [1.82, 2.24) is 15.1 Å². The van der Waals surface area contributed by atoms with Crippen LogP contribution in [0.15, 0.2) is 57.7 Å². The predicted octanol–water partition coefficient (Wildman–Crippen LogP) is 3.12. The van der Waals surface area contributed by atoms with Gasteiger partial charge in [-0.2, -0.15) is 4.98 Å². The first-order chi connectivity index (χ1) is 10.1. The lowest BCUT2D eigenvalue weighted by Gasteiger charge is -2.20. The molecule has 0 fully saturated rings. The molecular weight excluding hydrogens is 332 g/mol. The van der Waals surface area contributed by atoms with E-state index in [2.05, 4.69) is 31.1 Å². The first-order valence-corrected chi connectivity index (χ1v) is 7.18. The number of rotatable bonds is 3. The molecule has 3 aromatic rings. The molecule has 0 aliphatic carbocycles. The van der Waals surface area contributed by atoms with Crippen molar-refractivity contribution in [3.8, 4) is 11.5 Å². The summed E-state index contributed by atoms with van der Waals surface area (Å²) in [7, 11) is 0. The van der Waals surface area contributed by atoms with Crippen molar-refractivity contribution >= 4 is 15.9 Å². The molecule has 106 valence electrons. The van der Waals surface area contributed by atoms with Crippen LogP contribution in [0.3, 0.4) is 0 Å². The standard InChI is InChI=1S/C15H13BrN4O/c1-15(17,10-6-3-2-4-7-10)14-19-13(20-21-14)12-11(16)8-5-9-18-12/h2-9H,17H2,1H3. The first kappa shape index (κ1) is 13.9. The summed E-state index contributed by atoms with van der Waals surface area (Å²) >= 11 is 3.42. The summed E-state index contributed by atoms with van der Waals surface area (Å²) < 4.78 is 6.15. The van der Waals surface area contributed by atoms with Crippen molar-refractivity contribution in [2.45, 2.75) is 12.5 Å². The molecule has 3 rings (SSSR count). The monoisotopic (exact) mass is 344 g/mol. The summed E-state index contributed by atoms with van der Waals surface area (Å²) in [5.41, 5.74) is 7.03. The summed E-state index contributed by atoms with van der Waals surface area (Å²) in [5, 5.41) is 3.98. The van der Waals surface area contributed by atoms with Crippen molar-refractivity contribution in [3.05, 3.63) is 64.6 Å². The van der Waals surface area contributed by atoms with Crippen molar-refractivity contribution in [1.29, 1.82) is 0 Å². The van der Waals surface area contributed by atoms with Gasteiger partial charge in [-0.25, -0.2) is 0 Å². The molecule has 2 N–H and O–H groups in total. The Kier molecular flexibility index (Phi) is 3.57. The fourth-order valence-corrected chi connectivity index (χ4v) is 2.42. The molecule has 2 aromatic heterocycles. The van der Waals surface area contributed by atoms with E-state index in [4.69, 9.17) is 10.3 Å². The predicted molar refractivity (Wildman–Crippen MR) is 82.3 cm³/mol. The molecule has 0 bridgehead atoms. The highest BCUT2D eigenvalue weighted by molar-refractivity contribution is 9.10. The van der Waals surface area contributed by atoms with Gasteiger partial charge >= 0.3 is 0 Å². The van der Waals surface area contributed by atoms with Crippen LogP contribution in [0.2, 0.25) is 0 Å². The Morgan fingerprint density at radius 3 is 2.62 bits per heavy atom. The Balaban J connectivity index is 2.01. The average Bonchev–Trinajstić information content (AvgIpc) is 2.99. The molecule has 0 radical (unpaired) electrons. The Morgan fingerprint density at radius 2 is 1.90 bits per heavy atom. The Hall–Kier alpha value is -2.05. The molecule has 21 heavy (non-hydrogen) atoms. The van der Waals surface area contributed by atoms with Crippen LogP contribution >= 0.6 is 15.9 Å². The molecule has 0 saturated carbocycles. The van der Waals surface area contributed by atoms with Crippen LogP contribution in [0.25, 0.3) is 11.5 Å². The van der Waals surface area contributed by atoms with Gasteiger partial charge in [-0.05, 0) is 40.5 Å². The Labute approximate surface area is 130 Å². The molecule has 2 heterocycles. The van der Waals surface area contributed by atoms with Crippen molar-refractivity contribution < 1.29 is 4.52 Å². The summed E-state index contributed by atoms with van der Waals surface area (Å²) in [4.78, 5) is 8.64. The number of nitrogens with zero attached hydrogens (tertiary/aromatic N) is 3. The minimum absolute atomic E-state index is 0.348. The third kappa shape index (κ3) is 2.59. The van der Waals surface area contributed by atoms with E-state index in [1.807, 2.05) is 49.4 Å². The zero-order valence-electron chi connectivity index (χ0n) is 11.3. The van der Waals surface area contributed by atoms with E-state index in [0.29, 0.717) is 17.4 Å². The minimum atomic E-state index is -0.853. The maximum absolute atomic E-state index is 6.36. The van der Waals surface area contributed by atoms with Crippen LogP contribution in [0.4, 0.5) is 0 Å². The lowest BCUT2D eigenvalue weighted by Crippen LogP contribution is -2.34. The molecule has 5 nitrogen and oxygen atoms in total. The van der Waals surface area contributed by atoms with Crippen LogP contribution in [0, 0.1) is 0 Å². The number of pyridine rings is 1. The highest BCUT2D eigenvalue weighted by atomic mass is 79.9. The van der Waals surface area contributed by atoms with Crippen molar-refractivity contribution in [2.24, 2.45) is 5.73 Å². The van der Waals surface area contributed by atoms with E-state index in [-0.39, 0.29) is 0 Å². The van der Waals surface area contributed by atoms with Gasteiger partial charge in [0.1, 0.15) is 11.2 Å². The number of halogens is 1. The van der Waals surface area contributed by atoms with E-state index in [1.54, 1.807) is 6.20 Å². The molecule has 1 atom stereocenters. The number of aromatic nitrogens is 3. The van der Waals surface area contributed by atoms with Gasteiger partial charge in [0.2, 0.25) is 5.82 Å². The van der Waals surface area contributed by atoms with Crippen molar-refractivity contribution in [2.75, 3.05) is 0 Å². The van der Waals surface area contributed by atoms with Crippen LogP contribution in [-0.4, -0.2) is 15.1 Å². The quantitative estimate of drug-likeness (QED) is 0.789. The Bertz CT molecular complexity index is 755. The van der Waals surface area contributed by atoms with Gasteiger partial charge in [0.25, 0.3) is 5.89 Å². The van der Waals surface area contributed by atoms with Gasteiger partial charge in [-0.1, -0.05) is 35.5 Å². The fourth-order valence-electron chi connectivity index (χ4n) is 1.99. The lowest BCUT2D eigenvalue weighted by atomic mass is 9.93. The van der Waals surface area contributed by atoms with Gasteiger partial charge in [0, 0.05) is 10.7 Å². The number of hydrogen-bond acceptors (Lipinski definition) is 5. The normalized spacial score (nSPS) is 13.9. The van der Waals surface area contributed by atoms with E-state index in [9.17, 15) is 0 Å². The molecule has 1 unspecified atom stereocenters. The zero-order chi connectivity index (χ0) is 14.9. The van der Waals surface area contributed by atoms with E-state index in [1.165, 1.54) is 0 Å². The summed E-state index contributed by atoms with van der Waals surface area (Å²) in [5.74, 6) is 0.756. The second-order valence-electron chi connectivity index (χ2n) is 4.83. The van der Waals surface area contributed by atoms with Crippen LogP contribution in [-0.2, 0) is 5.54 Å². The highest BCUT2D eigenvalue weighted by Gasteiger charge is 2.31. The maximum Gasteiger partial charge on any atom is 0.251 e. The molecule has 1 aromatic carbocycles. The second-order valence-corrected chi connectivity index (χ2v) is 5.68. The third-order valence-electron chi connectivity index (χ3n) is 3.21. The van der Waals surface area contributed by atoms with Crippen LogP contribution in [0.1, 0.15) is 18.4 Å². The van der Waals surface area contributed by atoms with E-state index >= 15 is 0 Å². The lowest BCUT2D eigenvalue weighted by molar-refractivity contribution is 0.325. The fraction of sp³-hybridized carbons (Fsp3) is 0.133. The van der Waals surface area contributed by atoms with Gasteiger partial charge in [-0.3, -0.25) is 4.98 Å². The van der Waals surface area contributed by atoms with Gasteiger partial charge < -0.3 is 10.3 Å². The van der Waals surface area contributed by atoms with Gasteiger partial charge in [-0.15, -0.1) is 0 Å². The molecule has 0 aliphatic heterocycles.